The highest BCUT2D eigenvalue weighted by molar-refractivity contribution is 9.10. The number of hydrogen-bond acceptors (Lipinski definition) is 3. The van der Waals surface area contributed by atoms with Crippen molar-refractivity contribution in [3.63, 3.8) is 0 Å². The molecule has 1 heterocycles. The second-order valence-electron chi connectivity index (χ2n) is 3.68. The van der Waals surface area contributed by atoms with Crippen LogP contribution < -0.4 is 10.6 Å². The quantitative estimate of drug-likeness (QED) is 0.927. The molecule has 0 saturated heterocycles. The maximum atomic E-state index is 5.82. The summed E-state index contributed by atoms with van der Waals surface area (Å²) in [5.74, 6) is 1.33. The largest absolute Gasteiger partial charge is 0.358 e. The van der Waals surface area contributed by atoms with Crippen molar-refractivity contribution >= 4 is 33.3 Å². The van der Waals surface area contributed by atoms with Gasteiger partial charge in [-0.15, -0.1) is 0 Å². The highest BCUT2D eigenvalue weighted by Crippen LogP contribution is 2.25. The number of aromatic nitrogens is 1. The fourth-order valence-corrected chi connectivity index (χ4v) is 2.26. The van der Waals surface area contributed by atoms with Crippen molar-refractivity contribution < 1.29 is 0 Å². The maximum Gasteiger partial charge on any atom is 0.142 e. The van der Waals surface area contributed by atoms with E-state index >= 15 is 0 Å². The van der Waals surface area contributed by atoms with E-state index < -0.39 is 0 Å². The Labute approximate surface area is 104 Å². The van der Waals surface area contributed by atoms with Crippen molar-refractivity contribution in [1.82, 2.24) is 4.98 Å². The molecule has 5 heteroatoms. The molecule has 2 N–H and O–H groups in total. The Balaban J connectivity index is 2.77. The van der Waals surface area contributed by atoms with Crippen LogP contribution in [0, 0.1) is 5.92 Å². The number of halogens is 2. The summed E-state index contributed by atoms with van der Waals surface area (Å²) < 4.78 is 0.904. The molecular formula is C10H15BrClN3. The third-order valence-electron chi connectivity index (χ3n) is 2.14. The van der Waals surface area contributed by atoms with Gasteiger partial charge in [0.15, 0.2) is 0 Å². The van der Waals surface area contributed by atoms with E-state index in [1.54, 1.807) is 6.20 Å². The smallest absolute Gasteiger partial charge is 0.142 e. The van der Waals surface area contributed by atoms with Crippen LogP contribution in [0.25, 0.3) is 0 Å². The van der Waals surface area contributed by atoms with Gasteiger partial charge in [-0.2, -0.15) is 0 Å². The molecule has 0 aliphatic heterocycles. The Kier molecular flexibility index (Phi) is 4.83. The lowest BCUT2D eigenvalue weighted by Crippen LogP contribution is -2.29. The van der Waals surface area contributed by atoms with Gasteiger partial charge in [-0.1, -0.05) is 18.5 Å². The highest BCUT2D eigenvalue weighted by atomic mass is 79.9. The normalized spacial score (nSPS) is 12.6. The van der Waals surface area contributed by atoms with Gasteiger partial charge in [-0.3, -0.25) is 0 Å². The number of nitrogens with zero attached hydrogens (tertiary/aromatic N) is 2. The summed E-state index contributed by atoms with van der Waals surface area (Å²) in [4.78, 5) is 6.34. The van der Waals surface area contributed by atoms with Gasteiger partial charge < -0.3 is 10.6 Å². The van der Waals surface area contributed by atoms with Crippen LogP contribution in [0.2, 0.25) is 5.02 Å². The first kappa shape index (κ1) is 12.7. The molecule has 1 rings (SSSR count). The second-order valence-corrected chi connectivity index (χ2v) is 4.97. The summed E-state index contributed by atoms with van der Waals surface area (Å²) in [5.41, 5.74) is 5.58. The molecule has 0 bridgehead atoms. The molecule has 0 fully saturated rings. The SMILES string of the molecule is CC(CN)CN(C)c1ncc(Cl)cc1Br. The molecule has 3 nitrogen and oxygen atoms in total. The molecule has 1 atom stereocenters. The summed E-state index contributed by atoms with van der Waals surface area (Å²) in [7, 11) is 1.99. The Morgan fingerprint density at radius 2 is 2.33 bits per heavy atom. The van der Waals surface area contributed by atoms with Gasteiger partial charge in [-0.25, -0.2) is 4.98 Å². The fraction of sp³-hybridized carbons (Fsp3) is 0.500. The molecule has 1 unspecified atom stereocenters. The Hall–Kier alpha value is -0.320. The lowest BCUT2D eigenvalue weighted by atomic mass is 10.2. The number of pyridine rings is 1. The molecule has 1 aromatic heterocycles. The van der Waals surface area contributed by atoms with Crippen molar-refractivity contribution in [3.05, 3.63) is 21.8 Å². The van der Waals surface area contributed by atoms with Crippen LogP contribution in [0.4, 0.5) is 5.82 Å². The summed E-state index contributed by atoms with van der Waals surface area (Å²) >= 11 is 9.26. The Morgan fingerprint density at radius 1 is 1.67 bits per heavy atom. The highest BCUT2D eigenvalue weighted by Gasteiger charge is 2.10. The first-order valence-electron chi connectivity index (χ1n) is 4.76. The van der Waals surface area contributed by atoms with Crippen molar-refractivity contribution in [2.75, 3.05) is 25.0 Å². The molecule has 0 aliphatic carbocycles. The number of hydrogen-bond donors (Lipinski definition) is 1. The topological polar surface area (TPSA) is 42.1 Å². The van der Waals surface area contributed by atoms with Crippen LogP contribution in [0.3, 0.4) is 0 Å². The van der Waals surface area contributed by atoms with Gasteiger partial charge in [0.05, 0.1) is 9.50 Å². The average molecular weight is 293 g/mol. The monoisotopic (exact) mass is 291 g/mol. The Morgan fingerprint density at radius 3 is 2.87 bits per heavy atom. The summed E-state index contributed by atoms with van der Waals surface area (Å²) in [6, 6.07) is 1.84. The van der Waals surface area contributed by atoms with E-state index in [1.165, 1.54) is 0 Å². The number of rotatable bonds is 4. The zero-order valence-corrected chi connectivity index (χ0v) is 11.2. The van der Waals surface area contributed by atoms with E-state index in [0.29, 0.717) is 17.5 Å². The maximum absolute atomic E-state index is 5.82. The Bertz CT molecular complexity index is 332. The van der Waals surface area contributed by atoms with Crippen LogP contribution in [-0.2, 0) is 0 Å². The first-order chi connectivity index (χ1) is 7.04. The third kappa shape index (κ3) is 3.63. The third-order valence-corrected chi connectivity index (χ3v) is 2.93. The predicted octanol–water partition coefficient (Wildman–Crippen LogP) is 2.53. The van der Waals surface area contributed by atoms with E-state index in [-0.39, 0.29) is 0 Å². The molecule has 0 aliphatic rings. The predicted molar refractivity (Wildman–Crippen MR) is 68.4 cm³/mol. The average Bonchev–Trinajstić information content (AvgIpc) is 2.17. The molecule has 1 aromatic rings. The summed E-state index contributed by atoms with van der Waals surface area (Å²) in [6.07, 6.45) is 1.64. The van der Waals surface area contributed by atoms with Crippen LogP contribution in [-0.4, -0.2) is 25.1 Å². The van der Waals surface area contributed by atoms with Crippen molar-refractivity contribution in [2.45, 2.75) is 6.92 Å². The standard InChI is InChI=1S/C10H15BrClN3/c1-7(4-13)6-15(2)10-9(11)3-8(12)5-14-10/h3,5,7H,4,6,13H2,1-2H3. The lowest BCUT2D eigenvalue weighted by Gasteiger charge is -2.22. The van der Waals surface area contributed by atoms with Crippen molar-refractivity contribution in [2.24, 2.45) is 11.7 Å². The zero-order valence-electron chi connectivity index (χ0n) is 8.87. The molecule has 84 valence electrons. The summed E-state index contributed by atoms with van der Waals surface area (Å²) in [6.45, 7) is 3.67. The van der Waals surface area contributed by atoms with Crippen molar-refractivity contribution in [3.8, 4) is 0 Å². The zero-order chi connectivity index (χ0) is 11.4. The fourth-order valence-electron chi connectivity index (χ4n) is 1.32. The molecule has 0 radical (unpaired) electrons. The van der Waals surface area contributed by atoms with Gasteiger partial charge in [-0.05, 0) is 34.5 Å². The van der Waals surface area contributed by atoms with Gasteiger partial charge in [0.1, 0.15) is 5.82 Å². The van der Waals surface area contributed by atoms with Gasteiger partial charge in [0.2, 0.25) is 0 Å². The first-order valence-corrected chi connectivity index (χ1v) is 5.94. The van der Waals surface area contributed by atoms with Crippen LogP contribution in [0.5, 0.6) is 0 Å². The molecular weight excluding hydrogens is 277 g/mol. The van der Waals surface area contributed by atoms with E-state index in [0.717, 1.165) is 16.8 Å². The van der Waals surface area contributed by atoms with E-state index in [2.05, 4.69) is 32.7 Å². The molecule has 0 amide bonds. The van der Waals surface area contributed by atoms with Gasteiger partial charge in [0.25, 0.3) is 0 Å². The summed E-state index contributed by atoms with van der Waals surface area (Å²) in [5, 5.41) is 0.630. The number of anilines is 1. The van der Waals surface area contributed by atoms with Gasteiger partial charge in [0, 0.05) is 19.8 Å². The van der Waals surface area contributed by atoms with Crippen LogP contribution >= 0.6 is 27.5 Å². The van der Waals surface area contributed by atoms with Crippen LogP contribution in [0.1, 0.15) is 6.92 Å². The number of nitrogens with two attached hydrogens (primary N) is 1. The molecule has 0 spiro atoms. The molecule has 0 saturated carbocycles. The minimum absolute atomic E-state index is 0.444. The van der Waals surface area contributed by atoms with Gasteiger partial charge >= 0.3 is 0 Å². The van der Waals surface area contributed by atoms with Crippen molar-refractivity contribution in [1.29, 1.82) is 0 Å². The van der Waals surface area contributed by atoms with E-state index in [1.807, 2.05) is 13.1 Å². The minimum atomic E-state index is 0.444. The molecule has 15 heavy (non-hydrogen) atoms. The second kappa shape index (κ2) is 5.68. The van der Waals surface area contributed by atoms with Crippen LogP contribution in [0.15, 0.2) is 16.7 Å². The lowest BCUT2D eigenvalue weighted by molar-refractivity contribution is 0.587. The van der Waals surface area contributed by atoms with E-state index in [4.69, 9.17) is 17.3 Å². The van der Waals surface area contributed by atoms with E-state index in [9.17, 15) is 0 Å². The minimum Gasteiger partial charge on any atom is -0.358 e. The molecule has 0 aromatic carbocycles.